The summed E-state index contributed by atoms with van der Waals surface area (Å²) >= 11 is 0. The molecule has 0 aromatic heterocycles. The minimum absolute atomic E-state index is 0.165. The molecule has 1 fully saturated rings. The van der Waals surface area contributed by atoms with Gasteiger partial charge in [-0.05, 0) is 43.9 Å². The number of carbonyl (C=O) groups excluding carboxylic acids is 3. The van der Waals surface area contributed by atoms with Gasteiger partial charge in [0.15, 0.2) is 0 Å². The molecule has 1 aliphatic heterocycles. The summed E-state index contributed by atoms with van der Waals surface area (Å²) in [7, 11) is -3.96. The Morgan fingerprint density at radius 3 is 2.55 bits per heavy atom. The monoisotopic (exact) mass is 424 g/mol. The standard InChI is InChI=1S/C20H29N2O6P/c1-14(2)11-16(22-19(24)15-7-4-3-5-8-15)12-29(26,27)13-18(23)28-20(25)17-9-6-10-21-17/h3-5,7-8,14,16-17,21H,6,9-13H2,1-2H3,(H,22,24)(H,26,27)/t16?,17-/m0/s1. The minimum Gasteiger partial charge on any atom is -0.392 e. The van der Waals surface area contributed by atoms with Crippen molar-refractivity contribution in [3.63, 3.8) is 0 Å². The van der Waals surface area contributed by atoms with Crippen molar-refractivity contribution in [1.29, 1.82) is 0 Å². The van der Waals surface area contributed by atoms with Gasteiger partial charge in [0.05, 0.1) is 0 Å². The number of hydrogen-bond acceptors (Lipinski definition) is 6. The summed E-state index contributed by atoms with van der Waals surface area (Å²) in [6, 6.07) is 7.43. The molecule has 0 aliphatic carbocycles. The summed E-state index contributed by atoms with van der Waals surface area (Å²) in [6.45, 7) is 4.54. The number of rotatable bonds is 9. The Morgan fingerprint density at radius 1 is 1.28 bits per heavy atom. The van der Waals surface area contributed by atoms with Crippen LogP contribution in [0.4, 0.5) is 0 Å². The number of benzene rings is 1. The second-order valence-corrected chi connectivity index (χ2v) is 10.2. The molecule has 160 valence electrons. The van der Waals surface area contributed by atoms with Gasteiger partial charge >= 0.3 is 11.9 Å². The first-order valence-corrected chi connectivity index (χ1v) is 11.8. The maximum absolute atomic E-state index is 12.6. The van der Waals surface area contributed by atoms with Crippen LogP contribution in [0.1, 0.15) is 43.5 Å². The molecule has 9 heteroatoms. The van der Waals surface area contributed by atoms with Gasteiger partial charge in [-0.15, -0.1) is 0 Å². The second kappa shape index (κ2) is 10.7. The highest BCUT2D eigenvalue weighted by Gasteiger charge is 2.32. The van der Waals surface area contributed by atoms with Crippen molar-refractivity contribution in [3.8, 4) is 0 Å². The Labute approximate surface area is 170 Å². The van der Waals surface area contributed by atoms with Crippen LogP contribution in [0.15, 0.2) is 30.3 Å². The molecule has 8 nitrogen and oxygen atoms in total. The van der Waals surface area contributed by atoms with E-state index in [0.717, 1.165) is 6.42 Å². The van der Waals surface area contributed by atoms with E-state index in [9.17, 15) is 23.8 Å². The van der Waals surface area contributed by atoms with E-state index in [1.807, 2.05) is 13.8 Å². The zero-order valence-electron chi connectivity index (χ0n) is 16.8. The van der Waals surface area contributed by atoms with Crippen LogP contribution >= 0.6 is 7.37 Å². The summed E-state index contributed by atoms with van der Waals surface area (Å²) < 4.78 is 17.3. The first kappa shape index (κ1) is 23.3. The Hall–Kier alpha value is -2.02. The quantitative estimate of drug-likeness (QED) is 0.315. The van der Waals surface area contributed by atoms with Crippen molar-refractivity contribution >= 4 is 25.2 Å². The zero-order valence-corrected chi connectivity index (χ0v) is 17.7. The highest BCUT2D eigenvalue weighted by Crippen LogP contribution is 2.41. The molecule has 0 radical (unpaired) electrons. The van der Waals surface area contributed by atoms with E-state index in [4.69, 9.17) is 4.74 Å². The summed E-state index contributed by atoms with van der Waals surface area (Å²) in [4.78, 5) is 46.6. The molecule has 1 aromatic carbocycles. The third-order valence-corrected chi connectivity index (χ3v) is 6.33. The Kier molecular flexibility index (Phi) is 8.56. The van der Waals surface area contributed by atoms with Gasteiger partial charge in [0.1, 0.15) is 12.2 Å². The van der Waals surface area contributed by atoms with Gasteiger partial charge in [-0.3, -0.25) is 14.2 Å². The van der Waals surface area contributed by atoms with Crippen LogP contribution in [-0.4, -0.2) is 53.7 Å². The molecule has 1 saturated heterocycles. The number of ether oxygens (including phenoxy) is 1. The van der Waals surface area contributed by atoms with Gasteiger partial charge in [-0.2, -0.15) is 0 Å². The van der Waals surface area contributed by atoms with Crippen LogP contribution in [0.5, 0.6) is 0 Å². The summed E-state index contributed by atoms with van der Waals surface area (Å²) in [5.74, 6) is -1.92. The van der Waals surface area contributed by atoms with E-state index in [2.05, 4.69) is 10.6 Å². The fourth-order valence-corrected chi connectivity index (χ4v) is 4.84. The van der Waals surface area contributed by atoms with Crippen molar-refractivity contribution in [2.45, 2.75) is 45.2 Å². The molecule has 1 aromatic rings. The van der Waals surface area contributed by atoms with Gasteiger partial charge < -0.3 is 20.3 Å². The predicted molar refractivity (Wildman–Crippen MR) is 109 cm³/mol. The molecular weight excluding hydrogens is 395 g/mol. The molecule has 2 rings (SSSR count). The van der Waals surface area contributed by atoms with Gasteiger partial charge in [0.25, 0.3) is 5.91 Å². The molecule has 0 bridgehead atoms. The average Bonchev–Trinajstić information content (AvgIpc) is 3.15. The lowest BCUT2D eigenvalue weighted by Gasteiger charge is -2.23. The Balaban J connectivity index is 1.94. The third kappa shape index (κ3) is 8.09. The smallest absolute Gasteiger partial charge is 0.330 e. The summed E-state index contributed by atoms with van der Waals surface area (Å²) in [5, 5.41) is 5.69. The molecule has 0 spiro atoms. The van der Waals surface area contributed by atoms with Crippen LogP contribution in [0.3, 0.4) is 0 Å². The van der Waals surface area contributed by atoms with E-state index in [0.29, 0.717) is 24.9 Å². The topological polar surface area (TPSA) is 122 Å². The van der Waals surface area contributed by atoms with Crippen LogP contribution in [-0.2, 0) is 18.9 Å². The molecule has 1 amide bonds. The van der Waals surface area contributed by atoms with Crippen LogP contribution in [0.25, 0.3) is 0 Å². The van der Waals surface area contributed by atoms with Gasteiger partial charge in [-0.1, -0.05) is 32.0 Å². The van der Waals surface area contributed by atoms with Crippen molar-refractivity contribution in [1.82, 2.24) is 10.6 Å². The molecule has 3 N–H and O–H groups in total. The van der Waals surface area contributed by atoms with Gasteiger partial charge in [-0.25, -0.2) is 4.79 Å². The van der Waals surface area contributed by atoms with Crippen LogP contribution < -0.4 is 10.6 Å². The Morgan fingerprint density at radius 2 is 1.97 bits per heavy atom. The van der Waals surface area contributed by atoms with Crippen molar-refractivity contribution < 1.29 is 28.6 Å². The predicted octanol–water partition coefficient (Wildman–Crippen LogP) is 1.92. The minimum atomic E-state index is -3.96. The van der Waals surface area contributed by atoms with Crippen LogP contribution in [0.2, 0.25) is 0 Å². The fourth-order valence-electron chi connectivity index (χ4n) is 3.32. The number of nitrogens with one attached hydrogen (secondary N) is 2. The normalized spacial score (nSPS) is 19.4. The molecule has 1 heterocycles. The van der Waals surface area contributed by atoms with E-state index >= 15 is 0 Å². The molecule has 1 aliphatic rings. The average molecular weight is 424 g/mol. The van der Waals surface area contributed by atoms with Crippen molar-refractivity contribution in [2.24, 2.45) is 5.92 Å². The zero-order chi connectivity index (χ0) is 21.4. The van der Waals surface area contributed by atoms with Crippen molar-refractivity contribution in [3.05, 3.63) is 35.9 Å². The van der Waals surface area contributed by atoms with Gasteiger partial charge in [0, 0.05) is 17.8 Å². The number of amides is 1. The van der Waals surface area contributed by atoms with E-state index < -0.39 is 37.6 Å². The molecule has 29 heavy (non-hydrogen) atoms. The lowest BCUT2D eigenvalue weighted by atomic mass is 10.0. The fraction of sp³-hybridized carbons (Fsp3) is 0.550. The van der Waals surface area contributed by atoms with Gasteiger partial charge in [0.2, 0.25) is 7.37 Å². The Bertz CT molecular complexity index is 761. The largest absolute Gasteiger partial charge is 0.392 e. The number of esters is 2. The highest BCUT2D eigenvalue weighted by atomic mass is 31.2. The van der Waals surface area contributed by atoms with E-state index in [1.165, 1.54) is 0 Å². The number of carbonyl (C=O) groups is 3. The lowest BCUT2D eigenvalue weighted by Crippen LogP contribution is -2.39. The summed E-state index contributed by atoms with van der Waals surface area (Å²) in [5.41, 5.74) is 0.447. The summed E-state index contributed by atoms with van der Waals surface area (Å²) in [6.07, 6.45) is 0.828. The van der Waals surface area contributed by atoms with Crippen molar-refractivity contribution in [2.75, 3.05) is 18.9 Å². The van der Waals surface area contributed by atoms with E-state index in [-0.39, 0.29) is 18.0 Å². The molecular formula is C20H29N2O6P. The first-order valence-electron chi connectivity index (χ1n) is 9.81. The molecule has 3 atom stereocenters. The molecule has 2 unspecified atom stereocenters. The first-order chi connectivity index (χ1) is 13.7. The third-order valence-electron chi connectivity index (χ3n) is 4.57. The number of hydrogen-bond donors (Lipinski definition) is 3. The maximum atomic E-state index is 12.6. The highest BCUT2D eigenvalue weighted by molar-refractivity contribution is 7.59. The maximum Gasteiger partial charge on any atom is 0.330 e. The SMILES string of the molecule is CC(C)CC(CP(=O)(O)CC(=O)OC(=O)[C@@H]1CCCN1)NC(=O)c1ccccc1. The van der Waals surface area contributed by atoms with E-state index in [1.54, 1.807) is 30.3 Å². The van der Waals surface area contributed by atoms with Crippen LogP contribution in [0, 0.1) is 5.92 Å². The molecule has 0 saturated carbocycles. The second-order valence-electron chi connectivity index (χ2n) is 7.79. The lowest BCUT2D eigenvalue weighted by molar-refractivity contribution is -0.159.